The van der Waals surface area contributed by atoms with Crippen LogP contribution in [-0.2, 0) is 10.2 Å². The minimum atomic E-state index is -4.53. The maximum atomic E-state index is 12.2. The summed E-state index contributed by atoms with van der Waals surface area (Å²) in [6, 6.07) is 0. The zero-order chi connectivity index (χ0) is 14.0. The van der Waals surface area contributed by atoms with Gasteiger partial charge < -0.3 is 0 Å². The average molecular weight is 309 g/mol. The molecule has 0 aromatic carbocycles. The fourth-order valence-corrected chi connectivity index (χ4v) is 3.51. The maximum absolute atomic E-state index is 12.2. The van der Waals surface area contributed by atoms with Gasteiger partial charge in [-0.25, -0.2) is 0 Å². The summed E-state index contributed by atoms with van der Waals surface area (Å²) >= 11 is 5.66. The van der Waals surface area contributed by atoms with Crippen molar-refractivity contribution in [3.05, 3.63) is 0 Å². The number of alkyl halides is 4. The van der Waals surface area contributed by atoms with Crippen LogP contribution in [0.25, 0.3) is 0 Å². The molecule has 0 saturated carbocycles. The van der Waals surface area contributed by atoms with E-state index in [0.29, 0.717) is 23.0 Å². The monoisotopic (exact) mass is 308 g/mol. The first-order valence-corrected chi connectivity index (χ1v) is 7.44. The van der Waals surface area contributed by atoms with Crippen LogP contribution in [0.2, 0.25) is 0 Å². The molecule has 0 bridgehead atoms. The van der Waals surface area contributed by atoms with Crippen molar-refractivity contribution in [3.63, 3.8) is 0 Å². The third kappa shape index (κ3) is 4.25. The van der Waals surface area contributed by atoms with Crippen LogP contribution in [-0.4, -0.2) is 55.8 Å². The Labute approximate surface area is 110 Å². The van der Waals surface area contributed by atoms with E-state index in [-0.39, 0.29) is 19.0 Å². The lowest BCUT2D eigenvalue weighted by atomic mass is 10.0. The van der Waals surface area contributed by atoms with Gasteiger partial charge >= 0.3 is 6.18 Å². The molecule has 4 nitrogen and oxygen atoms in total. The Kier molecular flexibility index (Phi) is 5.28. The van der Waals surface area contributed by atoms with Crippen molar-refractivity contribution in [2.75, 3.05) is 32.6 Å². The summed E-state index contributed by atoms with van der Waals surface area (Å²) in [4.78, 5) is 0. The Morgan fingerprint density at radius 3 is 2.22 bits per heavy atom. The number of rotatable bonds is 4. The molecule has 1 rings (SSSR count). The molecule has 1 fully saturated rings. The smallest absolute Gasteiger partial charge is 0.195 e. The number of halogens is 4. The Balaban J connectivity index is 2.64. The standard InChI is InChI=1S/C9H16ClF3N2O2S/c1-14(7-9(11,12)13)18(16,17)15-4-2-8(6-10)3-5-15/h8H,2-7H2,1H3. The van der Waals surface area contributed by atoms with Crippen LogP contribution in [0.5, 0.6) is 0 Å². The van der Waals surface area contributed by atoms with E-state index < -0.39 is 22.9 Å². The minimum Gasteiger partial charge on any atom is -0.195 e. The highest BCUT2D eigenvalue weighted by molar-refractivity contribution is 7.86. The highest BCUT2D eigenvalue weighted by atomic mass is 35.5. The molecule has 1 aliphatic rings. The summed E-state index contributed by atoms with van der Waals surface area (Å²) in [6.45, 7) is -1.02. The third-order valence-electron chi connectivity index (χ3n) is 2.91. The van der Waals surface area contributed by atoms with Gasteiger partial charge in [-0.2, -0.15) is 30.2 Å². The molecule has 0 radical (unpaired) electrons. The number of hydrogen-bond donors (Lipinski definition) is 0. The largest absolute Gasteiger partial charge is 0.402 e. The van der Waals surface area contributed by atoms with Crippen molar-refractivity contribution < 1.29 is 21.6 Å². The van der Waals surface area contributed by atoms with Gasteiger partial charge in [0.2, 0.25) is 0 Å². The third-order valence-corrected chi connectivity index (χ3v) is 5.28. The molecule has 0 N–H and O–H groups in total. The molecule has 0 aromatic heterocycles. The predicted molar refractivity (Wildman–Crippen MR) is 62.6 cm³/mol. The highest BCUT2D eigenvalue weighted by Crippen LogP contribution is 2.23. The summed E-state index contributed by atoms with van der Waals surface area (Å²) in [5.74, 6) is 0.692. The molecule has 18 heavy (non-hydrogen) atoms. The second-order valence-corrected chi connectivity index (χ2v) is 6.72. The molecule has 0 unspecified atom stereocenters. The number of hydrogen-bond acceptors (Lipinski definition) is 2. The van der Waals surface area contributed by atoms with Crippen molar-refractivity contribution in [1.82, 2.24) is 8.61 Å². The second kappa shape index (κ2) is 5.94. The molecule has 0 spiro atoms. The van der Waals surface area contributed by atoms with Gasteiger partial charge in [-0.3, -0.25) is 0 Å². The molecule has 1 saturated heterocycles. The SMILES string of the molecule is CN(CC(F)(F)F)S(=O)(=O)N1CCC(CCl)CC1. The van der Waals surface area contributed by atoms with Crippen molar-refractivity contribution in [2.45, 2.75) is 19.0 Å². The average Bonchev–Trinajstić information content (AvgIpc) is 2.27. The van der Waals surface area contributed by atoms with Crippen LogP contribution in [0.15, 0.2) is 0 Å². The zero-order valence-electron chi connectivity index (χ0n) is 9.95. The summed E-state index contributed by atoms with van der Waals surface area (Å²) in [7, 11) is -3.08. The predicted octanol–water partition coefficient (Wildman–Crippen LogP) is 1.68. The van der Waals surface area contributed by atoms with Gasteiger partial charge in [0.25, 0.3) is 10.2 Å². The van der Waals surface area contributed by atoms with Gasteiger partial charge in [-0.05, 0) is 18.8 Å². The molecule has 1 aliphatic heterocycles. The Hall–Kier alpha value is -0.0500. The second-order valence-electron chi connectivity index (χ2n) is 4.38. The normalized spacial score (nSPS) is 20.6. The van der Waals surface area contributed by atoms with Crippen LogP contribution in [0.3, 0.4) is 0 Å². The van der Waals surface area contributed by atoms with Crippen molar-refractivity contribution in [2.24, 2.45) is 5.92 Å². The zero-order valence-corrected chi connectivity index (χ0v) is 11.5. The van der Waals surface area contributed by atoms with Crippen LogP contribution >= 0.6 is 11.6 Å². The van der Waals surface area contributed by atoms with E-state index in [9.17, 15) is 21.6 Å². The fraction of sp³-hybridized carbons (Fsp3) is 1.00. The van der Waals surface area contributed by atoms with E-state index in [1.807, 2.05) is 0 Å². The van der Waals surface area contributed by atoms with E-state index >= 15 is 0 Å². The lowest BCUT2D eigenvalue weighted by molar-refractivity contribution is -0.134. The summed E-state index contributed by atoms with van der Waals surface area (Å²) in [5, 5.41) is 0. The molecule has 0 amide bonds. The first kappa shape index (κ1) is 16.0. The van der Waals surface area contributed by atoms with Gasteiger partial charge in [0.15, 0.2) is 0 Å². The molecular formula is C9H16ClF3N2O2S. The first-order valence-electron chi connectivity index (χ1n) is 5.51. The molecule has 0 aromatic rings. The molecule has 108 valence electrons. The fourth-order valence-electron chi connectivity index (χ4n) is 1.83. The number of nitrogens with zero attached hydrogens (tertiary/aromatic N) is 2. The molecule has 0 aliphatic carbocycles. The van der Waals surface area contributed by atoms with Gasteiger partial charge in [-0.1, -0.05) is 0 Å². The van der Waals surface area contributed by atoms with Gasteiger partial charge in [0, 0.05) is 26.0 Å². The Morgan fingerprint density at radius 1 is 1.33 bits per heavy atom. The van der Waals surface area contributed by atoms with Crippen LogP contribution < -0.4 is 0 Å². The summed E-state index contributed by atoms with van der Waals surface area (Å²) < 4.78 is 61.7. The lowest BCUT2D eigenvalue weighted by Gasteiger charge is -2.33. The van der Waals surface area contributed by atoms with Crippen LogP contribution in [0.4, 0.5) is 13.2 Å². The maximum Gasteiger partial charge on any atom is 0.402 e. The summed E-state index contributed by atoms with van der Waals surface area (Å²) in [5.41, 5.74) is 0. The van der Waals surface area contributed by atoms with Crippen molar-refractivity contribution in [3.8, 4) is 0 Å². The molecule has 1 heterocycles. The van der Waals surface area contributed by atoms with E-state index in [1.54, 1.807) is 0 Å². The van der Waals surface area contributed by atoms with E-state index in [0.717, 1.165) is 11.4 Å². The Morgan fingerprint density at radius 2 is 1.83 bits per heavy atom. The van der Waals surface area contributed by atoms with Crippen molar-refractivity contribution >= 4 is 21.8 Å². The number of piperidine rings is 1. The van der Waals surface area contributed by atoms with E-state index in [1.165, 1.54) is 0 Å². The first-order chi connectivity index (χ1) is 8.16. The lowest BCUT2D eigenvalue weighted by Crippen LogP contribution is -2.48. The van der Waals surface area contributed by atoms with Gasteiger partial charge in [0.1, 0.15) is 6.54 Å². The highest BCUT2D eigenvalue weighted by Gasteiger charge is 2.37. The minimum absolute atomic E-state index is 0.224. The van der Waals surface area contributed by atoms with E-state index in [4.69, 9.17) is 11.6 Å². The molecule has 9 heteroatoms. The molecular weight excluding hydrogens is 293 g/mol. The van der Waals surface area contributed by atoms with Crippen LogP contribution in [0, 0.1) is 5.92 Å². The van der Waals surface area contributed by atoms with Gasteiger partial charge in [-0.15, -0.1) is 11.6 Å². The van der Waals surface area contributed by atoms with Gasteiger partial charge in [0.05, 0.1) is 0 Å². The molecule has 0 atom stereocenters. The van der Waals surface area contributed by atoms with E-state index in [2.05, 4.69) is 0 Å². The van der Waals surface area contributed by atoms with Crippen LogP contribution in [0.1, 0.15) is 12.8 Å². The van der Waals surface area contributed by atoms with Crippen molar-refractivity contribution in [1.29, 1.82) is 0 Å². The Bertz CT molecular complexity index is 366. The quantitative estimate of drug-likeness (QED) is 0.741. The topological polar surface area (TPSA) is 40.6 Å². The summed E-state index contributed by atoms with van der Waals surface area (Å²) in [6.07, 6.45) is -3.36.